The van der Waals surface area contributed by atoms with E-state index in [2.05, 4.69) is 15.3 Å². The zero-order valence-electron chi connectivity index (χ0n) is 20.4. The molecule has 0 radical (unpaired) electrons. The maximum Gasteiger partial charge on any atom is 0.410 e. The Kier molecular flexibility index (Phi) is 7.70. The van der Waals surface area contributed by atoms with Crippen LogP contribution in [0, 0.1) is 0 Å². The minimum absolute atomic E-state index is 0.134. The van der Waals surface area contributed by atoms with Gasteiger partial charge in [0.2, 0.25) is 0 Å². The standard InChI is InChI=1S/C28H25N5O4S/c34-25(31-24-10-4-5-15-29-24)21-11-13-22(14-12-21)33(27-30-16-18-38-27)26(35)23-9-6-17-32(23)28(36)37-19-20-7-2-1-3-8-20/h1-5,7-8,10-16,18,23H,6,9,17,19H2,(H,29,31,34). The molecule has 1 N–H and O–H groups in total. The van der Waals surface area contributed by atoms with Crippen LogP contribution in [-0.2, 0) is 16.1 Å². The van der Waals surface area contributed by atoms with Crippen LogP contribution in [0.3, 0.4) is 0 Å². The van der Waals surface area contributed by atoms with E-state index in [1.54, 1.807) is 60.2 Å². The molecule has 3 amide bonds. The number of hydrogen-bond donors (Lipinski definition) is 1. The van der Waals surface area contributed by atoms with Crippen LogP contribution in [0.1, 0.15) is 28.8 Å². The molecule has 1 aliphatic rings. The molecule has 38 heavy (non-hydrogen) atoms. The third-order valence-electron chi connectivity index (χ3n) is 6.10. The van der Waals surface area contributed by atoms with Crippen molar-refractivity contribution in [2.45, 2.75) is 25.5 Å². The number of hydrogen-bond acceptors (Lipinski definition) is 7. The third kappa shape index (κ3) is 5.70. The predicted molar refractivity (Wildman–Crippen MR) is 144 cm³/mol. The third-order valence-corrected chi connectivity index (χ3v) is 6.86. The summed E-state index contributed by atoms with van der Waals surface area (Å²) in [7, 11) is 0. The van der Waals surface area contributed by atoms with Gasteiger partial charge >= 0.3 is 6.09 Å². The number of nitrogens with zero attached hydrogens (tertiary/aromatic N) is 4. The number of pyridine rings is 1. The van der Waals surface area contributed by atoms with Crippen LogP contribution in [0.4, 0.5) is 21.4 Å². The van der Waals surface area contributed by atoms with E-state index in [4.69, 9.17) is 4.74 Å². The number of amides is 3. The fourth-order valence-electron chi connectivity index (χ4n) is 4.24. The second-order valence-corrected chi connectivity index (χ2v) is 9.47. The Morgan fingerprint density at radius 3 is 2.47 bits per heavy atom. The lowest BCUT2D eigenvalue weighted by Crippen LogP contribution is -2.46. The zero-order valence-corrected chi connectivity index (χ0v) is 21.2. The molecule has 192 valence electrons. The largest absolute Gasteiger partial charge is 0.445 e. The molecule has 1 fully saturated rings. The van der Waals surface area contributed by atoms with Gasteiger partial charge in [-0.15, -0.1) is 11.3 Å². The van der Waals surface area contributed by atoms with Gasteiger partial charge in [-0.05, 0) is 54.8 Å². The number of carbonyl (C=O) groups excluding carboxylic acids is 3. The van der Waals surface area contributed by atoms with Gasteiger partial charge < -0.3 is 10.1 Å². The number of anilines is 3. The lowest BCUT2D eigenvalue weighted by atomic mass is 10.1. The molecule has 0 saturated carbocycles. The van der Waals surface area contributed by atoms with E-state index < -0.39 is 12.1 Å². The topological polar surface area (TPSA) is 105 Å². The Hall–Kier alpha value is -4.57. The molecule has 3 heterocycles. The molecular weight excluding hydrogens is 502 g/mol. The zero-order chi connectivity index (χ0) is 26.3. The van der Waals surface area contributed by atoms with Crippen molar-refractivity contribution in [2.24, 2.45) is 0 Å². The normalized spacial score (nSPS) is 14.6. The van der Waals surface area contributed by atoms with Crippen LogP contribution in [0.15, 0.2) is 90.6 Å². The van der Waals surface area contributed by atoms with Crippen molar-refractivity contribution in [3.05, 3.63) is 102 Å². The molecule has 10 heteroatoms. The Morgan fingerprint density at radius 2 is 1.76 bits per heavy atom. The number of aromatic nitrogens is 2. The quantitative estimate of drug-likeness (QED) is 0.352. The molecule has 5 rings (SSSR count). The average Bonchev–Trinajstić information content (AvgIpc) is 3.66. The summed E-state index contributed by atoms with van der Waals surface area (Å²) < 4.78 is 5.51. The minimum atomic E-state index is -0.686. The first-order valence-electron chi connectivity index (χ1n) is 12.1. The van der Waals surface area contributed by atoms with Crippen LogP contribution in [0.25, 0.3) is 0 Å². The number of rotatable bonds is 7. The molecular formula is C28H25N5O4S. The van der Waals surface area contributed by atoms with Crippen molar-refractivity contribution in [3.63, 3.8) is 0 Å². The number of thiazole rings is 1. The van der Waals surface area contributed by atoms with Crippen LogP contribution < -0.4 is 10.2 Å². The Bertz CT molecular complexity index is 1380. The lowest BCUT2D eigenvalue weighted by Gasteiger charge is -2.28. The molecule has 1 unspecified atom stereocenters. The SMILES string of the molecule is O=C(Nc1ccccn1)c1ccc(N(C(=O)C2CCCN2C(=O)OCc2ccccc2)c2nccs2)cc1. The second kappa shape index (κ2) is 11.7. The number of benzene rings is 2. The van der Waals surface area contributed by atoms with Crippen molar-refractivity contribution < 1.29 is 19.1 Å². The summed E-state index contributed by atoms with van der Waals surface area (Å²) in [5.41, 5.74) is 1.83. The van der Waals surface area contributed by atoms with Crippen LogP contribution in [0.5, 0.6) is 0 Å². The van der Waals surface area contributed by atoms with Crippen molar-refractivity contribution >= 4 is 45.9 Å². The first-order valence-corrected chi connectivity index (χ1v) is 13.0. The minimum Gasteiger partial charge on any atom is -0.445 e. The smallest absolute Gasteiger partial charge is 0.410 e. The van der Waals surface area contributed by atoms with E-state index in [-0.39, 0.29) is 18.4 Å². The van der Waals surface area contributed by atoms with E-state index in [0.717, 1.165) is 5.56 Å². The lowest BCUT2D eigenvalue weighted by molar-refractivity contribution is -0.121. The van der Waals surface area contributed by atoms with Crippen molar-refractivity contribution in [3.8, 4) is 0 Å². The van der Waals surface area contributed by atoms with Gasteiger partial charge in [-0.25, -0.2) is 14.8 Å². The van der Waals surface area contributed by atoms with Gasteiger partial charge in [-0.1, -0.05) is 36.4 Å². The summed E-state index contributed by atoms with van der Waals surface area (Å²) in [4.78, 5) is 50.9. The highest BCUT2D eigenvalue weighted by Crippen LogP contribution is 2.32. The molecule has 1 atom stereocenters. The monoisotopic (exact) mass is 527 g/mol. The first-order chi connectivity index (χ1) is 18.6. The Labute approximate surface area is 223 Å². The van der Waals surface area contributed by atoms with Crippen molar-refractivity contribution in [1.82, 2.24) is 14.9 Å². The highest BCUT2D eigenvalue weighted by molar-refractivity contribution is 7.13. The fourth-order valence-corrected chi connectivity index (χ4v) is 4.90. The van der Waals surface area contributed by atoms with E-state index in [1.807, 2.05) is 30.3 Å². The molecule has 1 aliphatic heterocycles. The fraction of sp³-hybridized carbons (Fsp3) is 0.179. The molecule has 0 spiro atoms. The van der Waals surface area contributed by atoms with Crippen LogP contribution in [-0.4, -0.2) is 45.4 Å². The van der Waals surface area contributed by atoms with Gasteiger partial charge in [0.05, 0.1) is 5.69 Å². The van der Waals surface area contributed by atoms with Crippen molar-refractivity contribution in [1.29, 1.82) is 0 Å². The molecule has 1 saturated heterocycles. The highest BCUT2D eigenvalue weighted by Gasteiger charge is 2.39. The summed E-state index contributed by atoms with van der Waals surface area (Å²) >= 11 is 1.31. The average molecular weight is 528 g/mol. The van der Waals surface area contributed by atoms with E-state index in [1.165, 1.54) is 21.1 Å². The molecule has 4 aromatic rings. The summed E-state index contributed by atoms with van der Waals surface area (Å²) in [6.07, 6.45) is 3.90. The molecule has 9 nitrogen and oxygen atoms in total. The highest BCUT2D eigenvalue weighted by atomic mass is 32.1. The van der Waals surface area contributed by atoms with Crippen LogP contribution >= 0.6 is 11.3 Å². The Balaban J connectivity index is 1.32. The summed E-state index contributed by atoms with van der Waals surface area (Å²) in [6, 6.07) is 20.7. The maximum atomic E-state index is 13.8. The second-order valence-electron chi connectivity index (χ2n) is 8.60. The van der Waals surface area contributed by atoms with Gasteiger partial charge in [-0.3, -0.25) is 19.4 Å². The van der Waals surface area contributed by atoms with E-state index in [9.17, 15) is 14.4 Å². The van der Waals surface area contributed by atoms with E-state index in [0.29, 0.717) is 41.6 Å². The van der Waals surface area contributed by atoms with Gasteiger partial charge in [0.1, 0.15) is 18.5 Å². The van der Waals surface area contributed by atoms with Gasteiger partial charge in [-0.2, -0.15) is 0 Å². The molecule has 2 aromatic carbocycles. The number of nitrogens with one attached hydrogen (secondary N) is 1. The summed E-state index contributed by atoms with van der Waals surface area (Å²) in [6.45, 7) is 0.567. The number of likely N-dealkylation sites (tertiary alicyclic amines) is 1. The predicted octanol–water partition coefficient (Wildman–Crippen LogP) is 5.26. The first kappa shape index (κ1) is 25.1. The maximum absolute atomic E-state index is 13.8. The Morgan fingerprint density at radius 1 is 0.974 bits per heavy atom. The summed E-state index contributed by atoms with van der Waals surface area (Å²) in [5.74, 6) is -0.146. The molecule has 0 bridgehead atoms. The number of ether oxygens (including phenoxy) is 1. The van der Waals surface area contributed by atoms with Gasteiger partial charge in [0.15, 0.2) is 5.13 Å². The molecule has 0 aliphatic carbocycles. The number of carbonyl (C=O) groups is 3. The van der Waals surface area contributed by atoms with Gasteiger partial charge in [0.25, 0.3) is 11.8 Å². The van der Waals surface area contributed by atoms with Crippen LogP contribution in [0.2, 0.25) is 0 Å². The van der Waals surface area contributed by atoms with E-state index >= 15 is 0 Å². The molecule has 2 aromatic heterocycles. The van der Waals surface area contributed by atoms with Crippen molar-refractivity contribution in [2.75, 3.05) is 16.8 Å². The summed E-state index contributed by atoms with van der Waals surface area (Å²) in [5, 5.41) is 5.00. The van der Waals surface area contributed by atoms with Gasteiger partial charge in [0, 0.05) is 29.9 Å².